The van der Waals surface area contributed by atoms with Crippen LogP contribution in [0, 0.1) is 0 Å². The minimum Gasteiger partial charge on any atom is -0.0882 e. The molecule has 0 amide bonds. The third-order valence-corrected chi connectivity index (χ3v) is 2.06. The van der Waals surface area contributed by atoms with Crippen molar-refractivity contribution in [3.63, 3.8) is 0 Å². The van der Waals surface area contributed by atoms with Gasteiger partial charge in [0.2, 0.25) is 0 Å². The standard InChI is InChI=1S/C12H18/c1-2-4-6-8-10-12-11-9-7-5-3-1/h1-4,7,9H,5-6,8,10-12H2/b3-1?,4-2-,9-7+. The van der Waals surface area contributed by atoms with E-state index >= 15 is 0 Å². The maximum atomic E-state index is 2.30. The Morgan fingerprint density at radius 3 is 2.25 bits per heavy atom. The lowest BCUT2D eigenvalue weighted by molar-refractivity contribution is 0.695. The fourth-order valence-electron chi connectivity index (χ4n) is 1.33. The second-order valence-electron chi connectivity index (χ2n) is 3.20. The van der Waals surface area contributed by atoms with E-state index in [1.54, 1.807) is 0 Å². The van der Waals surface area contributed by atoms with Gasteiger partial charge in [-0.25, -0.2) is 0 Å². The molecule has 0 aromatic heterocycles. The number of hydrogen-bond donors (Lipinski definition) is 0. The van der Waals surface area contributed by atoms with Gasteiger partial charge < -0.3 is 0 Å². The third kappa shape index (κ3) is 4.95. The minimum absolute atomic E-state index is 1.09. The Kier molecular flexibility index (Phi) is 5.35. The van der Waals surface area contributed by atoms with E-state index in [-0.39, 0.29) is 0 Å². The molecule has 0 aliphatic heterocycles. The highest BCUT2D eigenvalue weighted by Crippen LogP contribution is 2.05. The second-order valence-corrected chi connectivity index (χ2v) is 3.20. The van der Waals surface area contributed by atoms with Crippen LogP contribution in [-0.4, -0.2) is 0 Å². The van der Waals surface area contributed by atoms with Gasteiger partial charge in [-0.2, -0.15) is 0 Å². The zero-order chi connectivity index (χ0) is 8.49. The van der Waals surface area contributed by atoms with Gasteiger partial charge in [0.1, 0.15) is 0 Å². The van der Waals surface area contributed by atoms with Crippen molar-refractivity contribution in [1.82, 2.24) is 0 Å². The van der Waals surface area contributed by atoms with Gasteiger partial charge in [0.05, 0.1) is 0 Å². The monoisotopic (exact) mass is 162 g/mol. The summed E-state index contributed by atoms with van der Waals surface area (Å²) in [6.45, 7) is 0. The summed E-state index contributed by atoms with van der Waals surface area (Å²) in [5, 5.41) is 0. The molecular formula is C12H18. The lowest BCUT2D eigenvalue weighted by Crippen LogP contribution is -1.75. The van der Waals surface area contributed by atoms with E-state index in [1.807, 2.05) is 0 Å². The molecular weight excluding hydrogens is 144 g/mol. The molecule has 0 heteroatoms. The molecule has 66 valence electrons. The molecule has 0 spiro atoms. The largest absolute Gasteiger partial charge is 0.0882 e. The first-order valence-electron chi connectivity index (χ1n) is 4.97. The molecule has 0 atom stereocenters. The highest BCUT2D eigenvalue weighted by Gasteiger charge is 1.85. The summed E-state index contributed by atoms with van der Waals surface area (Å²) in [5.74, 6) is 0. The highest BCUT2D eigenvalue weighted by atomic mass is 13.9. The molecule has 0 unspecified atom stereocenters. The van der Waals surface area contributed by atoms with Gasteiger partial charge in [-0.15, -0.1) is 0 Å². The normalized spacial score (nSPS) is 25.3. The average Bonchev–Trinajstić information content (AvgIpc) is 2.05. The second kappa shape index (κ2) is 6.90. The van der Waals surface area contributed by atoms with Crippen LogP contribution in [0.4, 0.5) is 0 Å². The van der Waals surface area contributed by atoms with Crippen molar-refractivity contribution in [3.8, 4) is 0 Å². The van der Waals surface area contributed by atoms with Crippen molar-refractivity contribution in [1.29, 1.82) is 0 Å². The molecule has 0 radical (unpaired) electrons. The van der Waals surface area contributed by atoms with E-state index in [4.69, 9.17) is 0 Å². The van der Waals surface area contributed by atoms with E-state index < -0.39 is 0 Å². The summed E-state index contributed by atoms with van der Waals surface area (Å²) in [6, 6.07) is 0. The smallest absolute Gasteiger partial charge is 0.0166 e. The third-order valence-electron chi connectivity index (χ3n) is 2.06. The van der Waals surface area contributed by atoms with Crippen molar-refractivity contribution < 1.29 is 0 Å². The molecule has 0 heterocycles. The Labute approximate surface area is 75.7 Å². The summed E-state index contributed by atoms with van der Waals surface area (Å²) in [7, 11) is 0. The van der Waals surface area contributed by atoms with Crippen LogP contribution in [0.1, 0.15) is 38.5 Å². The summed E-state index contributed by atoms with van der Waals surface area (Å²) in [6.07, 6.45) is 21.0. The van der Waals surface area contributed by atoms with Crippen molar-refractivity contribution in [3.05, 3.63) is 36.5 Å². The molecule has 1 rings (SSSR count). The molecule has 0 aromatic carbocycles. The first-order chi connectivity index (χ1) is 6.00. The lowest BCUT2D eigenvalue weighted by Gasteiger charge is -1.95. The van der Waals surface area contributed by atoms with Crippen molar-refractivity contribution in [2.45, 2.75) is 38.5 Å². The maximum Gasteiger partial charge on any atom is -0.0166 e. The predicted octanol–water partition coefficient (Wildman–Crippen LogP) is 4.01. The summed E-state index contributed by atoms with van der Waals surface area (Å²) in [5.41, 5.74) is 0. The van der Waals surface area contributed by atoms with Crippen LogP contribution in [0.3, 0.4) is 0 Å². The lowest BCUT2D eigenvalue weighted by atomic mass is 10.1. The fourth-order valence-corrected chi connectivity index (χ4v) is 1.33. The van der Waals surface area contributed by atoms with Crippen molar-refractivity contribution in [2.24, 2.45) is 0 Å². The molecule has 1 aliphatic carbocycles. The van der Waals surface area contributed by atoms with E-state index in [2.05, 4.69) is 36.5 Å². The Balaban J connectivity index is 2.31. The van der Waals surface area contributed by atoms with Crippen LogP contribution in [0.5, 0.6) is 0 Å². The first kappa shape index (κ1) is 9.31. The molecule has 0 fully saturated rings. The zero-order valence-corrected chi connectivity index (χ0v) is 7.71. The van der Waals surface area contributed by atoms with Crippen LogP contribution in [0.15, 0.2) is 36.5 Å². The zero-order valence-electron chi connectivity index (χ0n) is 7.71. The van der Waals surface area contributed by atoms with Crippen molar-refractivity contribution in [2.75, 3.05) is 0 Å². The van der Waals surface area contributed by atoms with Gasteiger partial charge in [0.25, 0.3) is 0 Å². The first-order valence-corrected chi connectivity index (χ1v) is 4.97. The fraction of sp³-hybridized carbons (Fsp3) is 0.500. The van der Waals surface area contributed by atoms with Crippen molar-refractivity contribution >= 4 is 0 Å². The van der Waals surface area contributed by atoms with Gasteiger partial charge >= 0.3 is 0 Å². The van der Waals surface area contributed by atoms with Gasteiger partial charge in [-0.3, -0.25) is 0 Å². The van der Waals surface area contributed by atoms with Gasteiger partial charge in [-0.05, 0) is 32.1 Å². The molecule has 0 saturated heterocycles. The van der Waals surface area contributed by atoms with E-state index in [0.29, 0.717) is 0 Å². The predicted molar refractivity (Wildman–Crippen MR) is 55.1 cm³/mol. The number of hydrogen-bond acceptors (Lipinski definition) is 0. The molecule has 0 saturated carbocycles. The molecule has 1 aliphatic rings. The van der Waals surface area contributed by atoms with Gasteiger partial charge in [0.15, 0.2) is 0 Å². The van der Waals surface area contributed by atoms with Crippen LogP contribution >= 0.6 is 0 Å². The molecule has 0 N–H and O–H groups in total. The minimum atomic E-state index is 1.09. The average molecular weight is 162 g/mol. The van der Waals surface area contributed by atoms with Crippen LogP contribution in [-0.2, 0) is 0 Å². The summed E-state index contributed by atoms with van der Waals surface area (Å²) in [4.78, 5) is 0. The maximum absolute atomic E-state index is 2.30. The summed E-state index contributed by atoms with van der Waals surface area (Å²) < 4.78 is 0. The molecule has 0 bridgehead atoms. The Morgan fingerprint density at radius 2 is 1.33 bits per heavy atom. The van der Waals surface area contributed by atoms with Crippen LogP contribution in [0.2, 0.25) is 0 Å². The Hall–Kier alpha value is -0.780. The molecule has 0 nitrogen and oxygen atoms in total. The number of allylic oxidation sites excluding steroid dienone is 6. The van der Waals surface area contributed by atoms with Gasteiger partial charge in [-0.1, -0.05) is 42.9 Å². The Morgan fingerprint density at radius 1 is 0.583 bits per heavy atom. The molecule has 12 heavy (non-hydrogen) atoms. The van der Waals surface area contributed by atoms with E-state index in [0.717, 1.165) is 6.42 Å². The topological polar surface area (TPSA) is 0 Å². The Bertz CT molecular complexity index is 172. The quantitative estimate of drug-likeness (QED) is 0.472. The molecule has 0 aromatic rings. The SMILES string of the molecule is C1=CC/C=C/CCCCC/C=C\1. The summed E-state index contributed by atoms with van der Waals surface area (Å²) >= 11 is 0. The van der Waals surface area contributed by atoms with Gasteiger partial charge in [0, 0.05) is 0 Å². The van der Waals surface area contributed by atoms with E-state index in [1.165, 1.54) is 32.1 Å². The van der Waals surface area contributed by atoms with E-state index in [9.17, 15) is 0 Å². The number of rotatable bonds is 0. The van der Waals surface area contributed by atoms with Crippen LogP contribution in [0.25, 0.3) is 0 Å². The highest BCUT2D eigenvalue weighted by molar-refractivity contribution is 5.05. The van der Waals surface area contributed by atoms with Crippen LogP contribution < -0.4 is 0 Å².